The van der Waals surface area contributed by atoms with E-state index in [1.54, 1.807) is 48.5 Å². The van der Waals surface area contributed by atoms with Crippen LogP contribution in [0, 0.1) is 0 Å². The zero-order valence-corrected chi connectivity index (χ0v) is 20.4. The number of ether oxygens (including phenoxy) is 2. The lowest BCUT2D eigenvalue weighted by atomic mass is 9.96. The smallest absolute Gasteiger partial charge is 0.339 e. The number of nitrogens with two attached hydrogens (primary N) is 2. The van der Waals surface area contributed by atoms with Gasteiger partial charge in [0.15, 0.2) is 0 Å². The molecule has 0 fully saturated rings. The minimum Gasteiger partial charge on any atom is -0.458 e. The van der Waals surface area contributed by atoms with E-state index in [0.29, 0.717) is 22.7 Å². The first kappa shape index (κ1) is 27.2. The number of rotatable bonds is 10. The first-order valence-electron chi connectivity index (χ1n) is 11.3. The highest BCUT2D eigenvalue weighted by molar-refractivity contribution is 6.17. The number of benzene rings is 3. The van der Waals surface area contributed by atoms with Gasteiger partial charge in [0.1, 0.15) is 13.2 Å². The summed E-state index contributed by atoms with van der Waals surface area (Å²) in [5.74, 6) is -3.27. The zero-order valence-electron chi connectivity index (χ0n) is 20.4. The van der Waals surface area contributed by atoms with Crippen molar-refractivity contribution in [1.29, 1.82) is 0 Å². The van der Waals surface area contributed by atoms with E-state index in [1.165, 1.54) is 12.2 Å². The summed E-state index contributed by atoms with van der Waals surface area (Å²) in [6.45, 7) is 6.72. The van der Waals surface area contributed by atoms with Gasteiger partial charge in [-0.3, -0.25) is 9.59 Å². The van der Waals surface area contributed by atoms with Crippen molar-refractivity contribution in [3.8, 4) is 0 Å². The Bertz CT molecular complexity index is 1270. The maximum Gasteiger partial charge on any atom is 0.339 e. The lowest BCUT2D eigenvalue weighted by Crippen LogP contribution is -2.23. The molecular formula is C28H26N4O6. The Morgan fingerprint density at radius 3 is 1.29 bits per heavy atom. The van der Waals surface area contributed by atoms with Crippen LogP contribution in [0.25, 0.3) is 0 Å². The molecule has 10 heteroatoms. The molecule has 0 atom stereocenters. The highest BCUT2D eigenvalue weighted by Gasteiger charge is 2.27. The molecule has 0 spiro atoms. The average Bonchev–Trinajstić information content (AvgIpc) is 2.92. The summed E-state index contributed by atoms with van der Waals surface area (Å²) in [6, 6.07) is 14.8. The van der Waals surface area contributed by atoms with Gasteiger partial charge in [-0.05, 0) is 60.7 Å². The molecular weight excluding hydrogens is 488 g/mol. The summed E-state index contributed by atoms with van der Waals surface area (Å²) < 4.78 is 10.3. The van der Waals surface area contributed by atoms with Gasteiger partial charge in [-0.25, -0.2) is 9.59 Å². The van der Waals surface area contributed by atoms with Crippen molar-refractivity contribution in [2.24, 2.45) is 0 Å². The molecule has 0 saturated heterocycles. The molecule has 0 aliphatic rings. The number of esters is 2. The van der Waals surface area contributed by atoms with Crippen LogP contribution in [0.1, 0.15) is 41.4 Å². The van der Waals surface area contributed by atoms with Crippen molar-refractivity contribution in [1.82, 2.24) is 0 Å². The van der Waals surface area contributed by atoms with Crippen molar-refractivity contribution >= 4 is 46.5 Å². The molecule has 3 aromatic rings. The molecule has 194 valence electrons. The summed E-state index contributed by atoms with van der Waals surface area (Å²) in [5.41, 5.74) is 12.2. The zero-order chi connectivity index (χ0) is 27.7. The number of nitrogens with one attached hydrogen (secondary N) is 2. The van der Waals surface area contributed by atoms with Gasteiger partial charge < -0.3 is 31.6 Å². The van der Waals surface area contributed by atoms with Crippen LogP contribution in [0.2, 0.25) is 0 Å². The summed E-state index contributed by atoms with van der Waals surface area (Å²) in [6.07, 6.45) is 2.70. The molecule has 3 aromatic carbocycles. The highest BCUT2D eigenvalue weighted by Crippen LogP contribution is 2.23. The summed E-state index contributed by atoms with van der Waals surface area (Å²) in [5, 5.41) is 5.27. The minimum atomic E-state index is -0.903. The fourth-order valence-electron chi connectivity index (χ4n) is 3.27. The fourth-order valence-corrected chi connectivity index (χ4v) is 3.27. The fraction of sp³-hybridized carbons (Fsp3) is 0.0714. The number of carbonyl (C=O) groups is 4. The summed E-state index contributed by atoms with van der Waals surface area (Å²) in [4.78, 5) is 52.3. The number of amides is 2. The van der Waals surface area contributed by atoms with Crippen LogP contribution in [-0.2, 0) is 9.47 Å². The Balaban J connectivity index is 2.11. The Morgan fingerprint density at radius 1 is 0.632 bits per heavy atom. The molecule has 38 heavy (non-hydrogen) atoms. The minimum absolute atomic E-state index is 0.145. The molecule has 0 aromatic heterocycles. The molecule has 0 unspecified atom stereocenters. The summed E-state index contributed by atoms with van der Waals surface area (Å²) in [7, 11) is 0. The molecule has 6 N–H and O–H groups in total. The Kier molecular flexibility index (Phi) is 8.98. The van der Waals surface area contributed by atoms with E-state index in [9.17, 15) is 19.2 Å². The van der Waals surface area contributed by atoms with Crippen LogP contribution in [0.5, 0.6) is 0 Å². The van der Waals surface area contributed by atoms with Gasteiger partial charge in [0, 0.05) is 22.7 Å². The van der Waals surface area contributed by atoms with Gasteiger partial charge in [-0.1, -0.05) is 25.3 Å². The molecule has 0 heterocycles. The molecule has 2 amide bonds. The van der Waals surface area contributed by atoms with Gasteiger partial charge in [0.2, 0.25) is 0 Å². The topological polar surface area (TPSA) is 163 Å². The SMILES string of the molecule is C=CCOC(=O)c1cc(C(=O)Nc2ccc(N)cc2)c(C(=O)OCC=C)cc1C(=O)Nc1ccc(N)cc1. The molecule has 0 radical (unpaired) electrons. The number of carbonyl (C=O) groups excluding carboxylic acids is 4. The number of nitrogen functional groups attached to an aromatic ring is 2. The average molecular weight is 515 g/mol. The van der Waals surface area contributed by atoms with Crippen LogP contribution in [0.3, 0.4) is 0 Å². The third kappa shape index (κ3) is 6.85. The van der Waals surface area contributed by atoms with Crippen LogP contribution < -0.4 is 22.1 Å². The second-order valence-corrected chi connectivity index (χ2v) is 7.87. The summed E-state index contributed by atoms with van der Waals surface area (Å²) >= 11 is 0. The van der Waals surface area contributed by atoms with E-state index in [-0.39, 0.29) is 35.5 Å². The maximum absolute atomic E-state index is 13.2. The molecule has 0 saturated carbocycles. The number of hydrogen-bond acceptors (Lipinski definition) is 8. The maximum atomic E-state index is 13.2. The van der Waals surface area contributed by atoms with E-state index < -0.39 is 23.8 Å². The third-order valence-corrected chi connectivity index (χ3v) is 5.09. The van der Waals surface area contributed by atoms with Crippen molar-refractivity contribution in [2.75, 3.05) is 35.3 Å². The van der Waals surface area contributed by atoms with Gasteiger partial charge in [0.25, 0.3) is 11.8 Å². The van der Waals surface area contributed by atoms with Gasteiger partial charge >= 0.3 is 11.9 Å². The molecule has 0 aliphatic heterocycles. The lowest BCUT2D eigenvalue weighted by molar-refractivity contribution is 0.0532. The van der Waals surface area contributed by atoms with Crippen LogP contribution in [0.4, 0.5) is 22.7 Å². The second kappa shape index (κ2) is 12.5. The highest BCUT2D eigenvalue weighted by atomic mass is 16.5. The van der Waals surface area contributed by atoms with E-state index in [2.05, 4.69) is 23.8 Å². The third-order valence-electron chi connectivity index (χ3n) is 5.09. The predicted molar refractivity (Wildman–Crippen MR) is 145 cm³/mol. The standard InChI is InChI=1S/C28H26N4O6/c1-3-13-37-27(35)23-15-22(26(34)32-20-11-7-18(30)8-12-20)24(28(36)38-14-4-2)16-21(23)25(33)31-19-9-5-17(29)6-10-19/h3-12,15-16H,1-2,13-14,29-30H2,(H,31,33)(H,32,34). The lowest BCUT2D eigenvalue weighted by Gasteiger charge is -2.16. The van der Waals surface area contributed by atoms with Crippen molar-refractivity contribution in [3.05, 3.63) is 108 Å². The van der Waals surface area contributed by atoms with Crippen molar-refractivity contribution in [2.45, 2.75) is 0 Å². The molecule has 0 aliphatic carbocycles. The van der Waals surface area contributed by atoms with Crippen molar-refractivity contribution < 1.29 is 28.7 Å². The monoisotopic (exact) mass is 514 g/mol. The van der Waals surface area contributed by atoms with Gasteiger partial charge in [0.05, 0.1) is 22.3 Å². The Labute approximate surface area is 218 Å². The van der Waals surface area contributed by atoms with E-state index in [4.69, 9.17) is 20.9 Å². The largest absolute Gasteiger partial charge is 0.458 e. The van der Waals surface area contributed by atoms with Crippen molar-refractivity contribution in [3.63, 3.8) is 0 Å². The van der Waals surface area contributed by atoms with E-state index in [0.717, 1.165) is 12.1 Å². The normalized spacial score (nSPS) is 10.1. The number of hydrogen-bond donors (Lipinski definition) is 4. The Morgan fingerprint density at radius 2 is 0.974 bits per heavy atom. The molecule has 10 nitrogen and oxygen atoms in total. The van der Waals surface area contributed by atoms with E-state index >= 15 is 0 Å². The van der Waals surface area contributed by atoms with Crippen LogP contribution >= 0.6 is 0 Å². The molecule has 0 bridgehead atoms. The quantitative estimate of drug-likeness (QED) is 0.179. The Hall–Kier alpha value is -5.38. The first-order valence-corrected chi connectivity index (χ1v) is 11.3. The second-order valence-electron chi connectivity index (χ2n) is 7.87. The first-order chi connectivity index (χ1) is 18.2. The van der Waals surface area contributed by atoms with Gasteiger partial charge in [-0.15, -0.1) is 0 Å². The molecule has 3 rings (SSSR count). The van der Waals surface area contributed by atoms with Crippen LogP contribution in [-0.4, -0.2) is 37.0 Å². The van der Waals surface area contributed by atoms with E-state index in [1.807, 2.05) is 0 Å². The number of anilines is 4. The van der Waals surface area contributed by atoms with Gasteiger partial charge in [-0.2, -0.15) is 0 Å². The van der Waals surface area contributed by atoms with Crippen LogP contribution in [0.15, 0.2) is 86.0 Å². The predicted octanol–water partition coefficient (Wildman–Crippen LogP) is 4.04.